The maximum absolute atomic E-state index is 13.8. The van der Waals surface area contributed by atoms with Gasteiger partial charge in [0.25, 0.3) is 5.56 Å². The number of allylic oxidation sites excluding steroid dienone is 2. The fraction of sp³-hybridized carbons (Fsp3) is 0.188. The maximum atomic E-state index is 13.8. The first-order valence-electron chi connectivity index (χ1n) is 7.44. The highest BCUT2D eigenvalue weighted by atomic mass is 35.5. The van der Waals surface area contributed by atoms with E-state index in [1.165, 1.54) is 29.1 Å². The number of alkyl halides is 3. The molecule has 0 fully saturated rings. The molecule has 0 radical (unpaired) electrons. The van der Waals surface area contributed by atoms with Crippen LogP contribution in [0.15, 0.2) is 41.3 Å². The minimum atomic E-state index is -4.47. The van der Waals surface area contributed by atoms with Gasteiger partial charge >= 0.3 is 6.18 Å². The van der Waals surface area contributed by atoms with Crippen molar-refractivity contribution in [3.8, 4) is 0 Å². The van der Waals surface area contributed by atoms with Gasteiger partial charge in [0.2, 0.25) is 0 Å². The molecule has 0 saturated heterocycles. The molecule has 0 bridgehead atoms. The zero-order valence-electron chi connectivity index (χ0n) is 12.8. The summed E-state index contributed by atoms with van der Waals surface area (Å²) in [6.45, 7) is -0.0342. The highest BCUT2D eigenvalue weighted by Gasteiger charge is 2.50. The minimum absolute atomic E-state index is 0.0342. The molecule has 2 heterocycles. The van der Waals surface area contributed by atoms with Crippen LogP contribution in [-0.4, -0.2) is 25.7 Å². The third-order valence-corrected chi connectivity index (χ3v) is 4.44. The van der Waals surface area contributed by atoms with Crippen LogP contribution in [0, 0.1) is 11.7 Å². The van der Waals surface area contributed by atoms with Crippen molar-refractivity contribution >= 4 is 28.2 Å². The molecule has 1 aliphatic rings. The van der Waals surface area contributed by atoms with Gasteiger partial charge in [-0.1, -0.05) is 29.8 Å². The van der Waals surface area contributed by atoms with E-state index in [0.717, 1.165) is 6.08 Å². The first-order chi connectivity index (χ1) is 12.3. The smallest absolute Gasteiger partial charge is 0.265 e. The summed E-state index contributed by atoms with van der Waals surface area (Å²) in [5, 5.41) is 8.04. The molecule has 2 aromatic heterocycles. The Bertz CT molecular complexity index is 1120. The first kappa shape index (κ1) is 16.8. The molecule has 1 aromatic carbocycles. The van der Waals surface area contributed by atoms with Gasteiger partial charge in [-0.2, -0.15) is 28.1 Å². The Morgan fingerprint density at radius 2 is 1.96 bits per heavy atom. The molecule has 0 saturated carbocycles. The van der Waals surface area contributed by atoms with E-state index in [0.29, 0.717) is 10.2 Å². The number of aromatic nitrogens is 4. The van der Waals surface area contributed by atoms with Crippen LogP contribution in [0.4, 0.5) is 17.6 Å². The SMILES string of the molecule is O=c1c2nn(Cc3ccccc3F)c(Cl)c2cnn1C1=C[C@H]1C(F)(F)F. The Labute approximate surface area is 148 Å². The van der Waals surface area contributed by atoms with Crippen molar-refractivity contribution in [3.05, 3.63) is 63.4 Å². The van der Waals surface area contributed by atoms with Crippen molar-refractivity contribution in [1.29, 1.82) is 0 Å². The molecule has 0 amide bonds. The quantitative estimate of drug-likeness (QED) is 0.650. The molecule has 1 atom stereocenters. The second-order valence-electron chi connectivity index (χ2n) is 5.77. The van der Waals surface area contributed by atoms with Crippen molar-refractivity contribution in [1.82, 2.24) is 19.6 Å². The van der Waals surface area contributed by atoms with Crippen molar-refractivity contribution in [2.75, 3.05) is 0 Å². The van der Waals surface area contributed by atoms with Crippen LogP contribution in [0.1, 0.15) is 5.56 Å². The third-order valence-electron chi connectivity index (χ3n) is 4.04. The summed E-state index contributed by atoms with van der Waals surface area (Å²) in [6, 6.07) is 5.99. The van der Waals surface area contributed by atoms with E-state index in [1.807, 2.05) is 0 Å². The minimum Gasteiger partial charge on any atom is -0.265 e. The van der Waals surface area contributed by atoms with Gasteiger partial charge in [0, 0.05) is 5.56 Å². The topological polar surface area (TPSA) is 52.7 Å². The third kappa shape index (κ3) is 2.68. The lowest BCUT2D eigenvalue weighted by Gasteiger charge is -2.06. The number of hydrogen-bond donors (Lipinski definition) is 0. The Morgan fingerprint density at radius 3 is 2.62 bits per heavy atom. The van der Waals surface area contributed by atoms with Crippen LogP contribution in [0.3, 0.4) is 0 Å². The van der Waals surface area contributed by atoms with E-state index in [9.17, 15) is 22.4 Å². The zero-order valence-corrected chi connectivity index (χ0v) is 13.6. The van der Waals surface area contributed by atoms with Gasteiger partial charge in [-0.05, 0) is 12.1 Å². The zero-order chi connectivity index (χ0) is 18.6. The lowest BCUT2D eigenvalue weighted by molar-refractivity contribution is -0.139. The summed E-state index contributed by atoms with van der Waals surface area (Å²) in [7, 11) is 0. The number of hydrogen-bond acceptors (Lipinski definition) is 3. The predicted octanol–water partition coefficient (Wildman–Crippen LogP) is 3.47. The van der Waals surface area contributed by atoms with Crippen molar-refractivity contribution in [2.24, 2.45) is 5.92 Å². The van der Waals surface area contributed by atoms with Crippen LogP contribution < -0.4 is 5.56 Å². The van der Waals surface area contributed by atoms with Gasteiger partial charge in [-0.25, -0.2) is 9.07 Å². The van der Waals surface area contributed by atoms with E-state index in [4.69, 9.17) is 11.6 Å². The summed E-state index contributed by atoms with van der Waals surface area (Å²) in [5.74, 6) is -2.25. The molecule has 26 heavy (non-hydrogen) atoms. The molecule has 5 nitrogen and oxygen atoms in total. The molecule has 10 heteroatoms. The molecule has 0 unspecified atom stereocenters. The lowest BCUT2D eigenvalue weighted by atomic mass is 10.2. The lowest BCUT2D eigenvalue weighted by Crippen LogP contribution is -2.23. The summed E-state index contributed by atoms with van der Waals surface area (Å²) in [6.07, 6.45) is -2.39. The molecule has 1 aliphatic carbocycles. The Kier molecular flexibility index (Phi) is 3.65. The van der Waals surface area contributed by atoms with Gasteiger partial charge in [0.15, 0.2) is 5.52 Å². The molecular formula is C16H9ClF4N4O. The number of halogens is 5. The summed E-state index contributed by atoms with van der Waals surface area (Å²) < 4.78 is 53.8. The van der Waals surface area contributed by atoms with E-state index < -0.39 is 23.5 Å². The normalized spacial score (nSPS) is 16.8. The molecular weight excluding hydrogens is 376 g/mol. The molecule has 0 N–H and O–H groups in total. The highest BCUT2D eigenvalue weighted by molar-refractivity contribution is 6.34. The fourth-order valence-electron chi connectivity index (χ4n) is 2.66. The molecule has 134 valence electrons. The molecule has 0 spiro atoms. The average molecular weight is 385 g/mol. The molecule has 4 rings (SSSR count). The number of rotatable bonds is 3. The largest absolute Gasteiger partial charge is 0.400 e. The maximum Gasteiger partial charge on any atom is 0.400 e. The summed E-state index contributed by atoms with van der Waals surface area (Å²) >= 11 is 6.18. The predicted molar refractivity (Wildman–Crippen MR) is 86.1 cm³/mol. The fourth-order valence-corrected chi connectivity index (χ4v) is 2.90. The Balaban J connectivity index is 1.74. The van der Waals surface area contributed by atoms with Crippen molar-refractivity contribution in [2.45, 2.75) is 12.7 Å². The highest BCUT2D eigenvalue weighted by Crippen LogP contribution is 2.45. The monoisotopic (exact) mass is 384 g/mol. The van der Waals surface area contributed by atoms with E-state index >= 15 is 0 Å². The second-order valence-corrected chi connectivity index (χ2v) is 6.13. The standard InChI is InChI=1S/C16H9ClF4N4O/c17-14-9-6-22-25(12-5-10(12)16(19,20)21)15(26)13(9)23-24(14)7-8-3-1-2-4-11(8)18/h1-6,10H,7H2/t10-/m1/s1. The van der Waals surface area contributed by atoms with Crippen LogP contribution in [0.5, 0.6) is 0 Å². The molecule has 3 aromatic rings. The van der Waals surface area contributed by atoms with Crippen LogP contribution in [0.2, 0.25) is 5.15 Å². The van der Waals surface area contributed by atoms with Gasteiger partial charge in [0.05, 0.1) is 23.8 Å². The summed E-state index contributed by atoms with van der Waals surface area (Å²) in [4.78, 5) is 12.5. The van der Waals surface area contributed by atoms with Gasteiger partial charge in [0.1, 0.15) is 16.9 Å². The van der Waals surface area contributed by atoms with Crippen molar-refractivity contribution < 1.29 is 17.6 Å². The molecule has 0 aliphatic heterocycles. The first-order valence-corrected chi connectivity index (χ1v) is 7.81. The Hall–Kier alpha value is -2.68. The van der Waals surface area contributed by atoms with E-state index in [1.54, 1.807) is 6.07 Å². The van der Waals surface area contributed by atoms with Crippen LogP contribution >= 0.6 is 11.6 Å². The van der Waals surface area contributed by atoms with Gasteiger partial charge in [-0.3, -0.25) is 4.79 Å². The van der Waals surface area contributed by atoms with E-state index in [-0.39, 0.29) is 28.3 Å². The van der Waals surface area contributed by atoms with E-state index in [2.05, 4.69) is 10.2 Å². The van der Waals surface area contributed by atoms with Crippen molar-refractivity contribution in [3.63, 3.8) is 0 Å². The van der Waals surface area contributed by atoms with Gasteiger partial charge in [-0.15, -0.1) is 0 Å². The van der Waals surface area contributed by atoms with Gasteiger partial charge < -0.3 is 0 Å². The Morgan fingerprint density at radius 1 is 1.23 bits per heavy atom. The van der Waals surface area contributed by atoms with Crippen LogP contribution in [-0.2, 0) is 6.54 Å². The summed E-state index contributed by atoms with van der Waals surface area (Å²) in [5.41, 5.74) is -0.883. The number of nitrogens with zero attached hydrogens (tertiary/aromatic N) is 4. The van der Waals surface area contributed by atoms with Crippen LogP contribution in [0.25, 0.3) is 16.6 Å². The number of benzene rings is 1. The second kappa shape index (κ2) is 5.66. The number of fused-ring (bicyclic) bond motifs is 1. The average Bonchev–Trinajstić information content (AvgIpc) is 3.32.